The molecule has 1 aliphatic rings. The number of thiol groups is 1. The van der Waals surface area contributed by atoms with Crippen molar-refractivity contribution >= 4 is 12.6 Å². The molecule has 0 bridgehead atoms. The van der Waals surface area contributed by atoms with E-state index in [0.717, 1.165) is 18.8 Å². The van der Waals surface area contributed by atoms with Crippen molar-refractivity contribution in [1.29, 1.82) is 0 Å². The van der Waals surface area contributed by atoms with E-state index in [2.05, 4.69) is 35.6 Å². The molecular weight excluding hydrogens is 228 g/mol. The fourth-order valence-corrected chi connectivity index (χ4v) is 3.34. The molecule has 0 atom stereocenters. The molecule has 94 valence electrons. The molecule has 0 radical (unpaired) electrons. The Morgan fingerprint density at radius 3 is 2.76 bits per heavy atom. The first-order valence-corrected chi connectivity index (χ1v) is 7.06. The van der Waals surface area contributed by atoms with Crippen LogP contribution >= 0.6 is 12.6 Å². The minimum Gasteiger partial charge on any atom is -0.301 e. The summed E-state index contributed by atoms with van der Waals surface area (Å²) in [6.07, 6.45) is 9.22. The van der Waals surface area contributed by atoms with Gasteiger partial charge in [-0.05, 0) is 42.7 Å². The van der Waals surface area contributed by atoms with Crippen LogP contribution in [-0.4, -0.2) is 29.2 Å². The van der Waals surface area contributed by atoms with Gasteiger partial charge in [-0.15, -0.1) is 0 Å². The van der Waals surface area contributed by atoms with E-state index in [4.69, 9.17) is 0 Å². The van der Waals surface area contributed by atoms with Crippen LogP contribution in [0.5, 0.6) is 0 Å². The maximum absolute atomic E-state index is 4.56. The third-order valence-electron chi connectivity index (χ3n) is 3.78. The molecule has 0 aliphatic heterocycles. The minimum atomic E-state index is 0.458. The molecule has 1 aromatic rings. The first kappa shape index (κ1) is 12.9. The highest BCUT2D eigenvalue weighted by Gasteiger charge is 2.33. The van der Waals surface area contributed by atoms with Gasteiger partial charge >= 0.3 is 0 Å². The summed E-state index contributed by atoms with van der Waals surface area (Å²) in [4.78, 5) is 6.58. The Kier molecular flexibility index (Phi) is 4.46. The number of aromatic nitrogens is 1. The molecular formula is C14H22N2S. The largest absolute Gasteiger partial charge is 0.301 e. The zero-order valence-corrected chi connectivity index (χ0v) is 11.5. The van der Waals surface area contributed by atoms with Crippen molar-refractivity contribution in [2.75, 3.05) is 19.3 Å². The van der Waals surface area contributed by atoms with Gasteiger partial charge in [0.1, 0.15) is 0 Å². The molecule has 3 heteroatoms. The first-order chi connectivity index (χ1) is 8.24. The van der Waals surface area contributed by atoms with E-state index >= 15 is 0 Å². The Balaban J connectivity index is 1.90. The van der Waals surface area contributed by atoms with Crippen molar-refractivity contribution in [3.63, 3.8) is 0 Å². The SMILES string of the molecule is CN(Cc1cccnc1)CC1(CS)CCCC1. The normalized spacial score (nSPS) is 18.8. The van der Waals surface area contributed by atoms with Crippen molar-refractivity contribution in [1.82, 2.24) is 9.88 Å². The third kappa shape index (κ3) is 3.46. The maximum Gasteiger partial charge on any atom is 0.0312 e. The maximum atomic E-state index is 4.56. The molecule has 0 saturated heterocycles. The van der Waals surface area contributed by atoms with Gasteiger partial charge in [-0.2, -0.15) is 12.6 Å². The Hall–Kier alpha value is -0.540. The second-order valence-corrected chi connectivity index (χ2v) is 5.72. The first-order valence-electron chi connectivity index (χ1n) is 6.42. The van der Waals surface area contributed by atoms with Crippen molar-refractivity contribution in [3.8, 4) is 0 Å². The van der Waals surface area contributed by atoms with Gasteiger partial charge in [-0.1, -0.05) is 18.9 Å². The summed E-state index contributed by atoms with van der Waals surface area (Å²) in [7, 11) is 2.20. The lowest BCUT2D eigenvalue weighted by molar-refractivity contribution is 0.196. The zero-order chi connectivity index (χ0) is 12.1. The summed E-state index contributed by atoms with van der Waals surface area (Å²) >= 11 is 4.56. The predicted molar refractivity (Wildman–Crippen MR) is 75.3 cm³/mol. The smallest absolute Gasteiger partial charge is 0.0312 e. The fourth-order valence-electron chi connectivity index (χ4n) is 2.92. The van der Waals surface area contributed by atoms with Crippen LogP contribution in [0.15, 0.2) is 24.5 Å². The second-order valence-electron chi connectivity index (χ2n) is 5.40. The monoisotopic (exact) mass is 250 g/mol. The lowest BCUT2D eigenvalue weighted by atomic mass is 9.88. The van der Waals surface area contributed by atoms with Crippen LogP contribution in [0.1, 0.15) is 31.2 Å². The standard InChI is InChI=1S/C14H22N2S/c1-16(10-13-5-4-8-15-9-13)11-14(12-17)6-2-3-7-14/h4-5,8-9,17H,2-3,6-7,10-12H2,1H3. The number of pyridine rings is 1. The van der Waals surface area contributed by atoms with E-state index in [1.54, 1.807) is 0 Å². The van der Waals surface area contributed by atoms with Crippen LogP contribution in [0.25, 0.3) is 0 Å². The summed E-state index contributed by atoms with van der Waals surface area (Å²) in [5.74, 6) is 1.02. The van der Waals surface area contributed by atoms with Crippen LogP contribution in [0.3, 0.4) is 0 Å². The average Bonchev–Trinajstić information content (AvgIpc) is 2.79. The van der Waals surface area contributed by atoms with Crippen LogP contribution < -0.4 is 0 Å². The van der Waals surface area contributed by atoms with Crippen LogP contribution in [0.2, 0.25) is 0 Å². The minimum absolute atomic E-state index is 0.458. The molecule has 0 spiro atoms. The molecule has 0 N–H and O–H groups in total. The second kappa shape index (κ2) is 5.87. The van der Waals surface area contributed by atoms with Crippen LogP contribution in [0.4, 0.5) is 0 Å². The highest BCUT2D eigenvalue weighted by molar-refractivity contribution is 7.80. The summed E-state index contributed by atoms with van der Waals surface area (Å²) in [5, 5.41) is 0. The molecule has 2 rings (SSSR count). The Morgan fingerprint density at radius 2 is 2.18 bits per heavy atom. The molecule has 0 amide bonds. The van der Waals surface area contributed by atoms with Crippen LogP contribution in [0, 0.1) is 5.41 Å². The van der Waals surface area contributed by atoms with Gasteiger partial charge in [-0.3, -0.25) is 4.98 Å². The van der Waals surface area contributed by atoms with Crippen molar-refractivity contribution in [2.24, 2.45) is 5.41 Å². The van der Waals surface area contributed by atoms with Crippen LogP contribution in [-0.2, 0) is 6.54 Å². The van der Waals surface area contributed by atoms with Gasteiger partial charge in [0, 0.05) is 25.5 Å². The summed E-state index contributed by atoms with van der Waals surface area (Å²) in [6, 6.07) is 4.15. The highest BCUT2D eigenvalue weighted by Crippen LogP contribution is 2.39. The van der Waals surface area contributed by atoms with Gasteiger partial charge in [0.15, 0.2) is 0 Å². The summed E-state index contributed by atoms with van der Waals surface area (Å²) in [6.45, 7) is 2.15. The average molecular weight is 250 g/mol. The lowest BCUT2D eigenvalue weighted by Crippen LogP contribution is -2.34. The summed E-state index contributed by atoms with van der Waals surface area (Å²) < 4.78 is 0. The molecule has 2 nitrogen and oxygen atoms in total. The van der Waals surface area contributed by atoms with Gasteiger partial charge in [-0.25, -0.2) is 0 Å². The number of hydrogen-bond donors (Lipinski definition) is 1. The van der Waals surface area contributed by atoms with Gasteiger partial charge in [0.05, 0.1) is 0 Å². The number of rotatable bonds is 5. The van der Waals surface area contributed by atoms with Gasteiger partial charge < -0.3 is 4.90 Å². The van der Waals surface area contributed by atoms with Crippen molar-refractivity contribution in [3.05, 3.63) is 30.1 Å². The molecule has 1 aromatic heterocycles. The van der Waals surface area contributed by atoms with E-state index in [-0.39, 0.29) is 0 Å². The molecule has 1 aliphatic carbocycles. The van der Waals surface area contributed by atoms with Crippen molar-refractivity contribution in [2.45, 2.75) is 32.2 Å². The summed E-state index contributed by atoms with van der Waals surface area (Å²) in [5.41, 5.74) is 1.75. The topological polar surface area (TPSA) is 16.1 Å². The van der Waals surface area contributed by atoms with E-state index in [9.17, 15) is 0 Å². The lowest BCUT2D eigenvalue weighted by Gasteiger charge is -2.32. The number of hydrogen-bond acceptors (Lipinski definition) is 3. The fraction of sp³-hybridized carbons (Fsp3) is 0.643. The predicted octanol–water partition coefficient (Wildman–Crippen LogP) is 3.00. The Morgan fingerprint density at radius 1 is 1.41 bits per heavy atom. The number of nitrogens with zero attached hydrogens (tertiary/aromatic N) is 2. The molecule has 1 fully saturated rings. The van der Waals surface area contributed by atoms with E-state index in [1.165, 1.54) is 31.2 Å². The Labute approximate surface area is 110 Å². The van der Waals surface area contributed by atoms with E-state index in [0.29, 0.717) is 5.41 Å². The molecule has 1 saturated carbocycles. The Bertz CT molecular complexity index is 333. The molecule has 17 heavy (non-hydrogen) atoms. The van der Waals surface area contributed by atoms with Gasteiger partial charge in [0.25, 0.3) is 0 Å². The molecule has 0 aromatic carbocycles. The zero-order valence-electron chi connectivity index (χ0n) is 10.6. The highest BCUT2D eigenvalue weighted by atomic mass is 32.1. The van der Waals surface area contributed by atoms with E-state index < -0.39 is 0 Å². The van der Waals surface area contributed by atoms with Crippen molar-refractivity contribution < 1.29 is 0 Å². The molecule has 0 unspecified atom stereocenters. The molecule has 1 heterocycles. The quantitative estimate of drug-likeness (QED) is 0.809. The van der Waals surface area contributed by atoms with Gasteiger partial charge in [0.2, 0.25) is 0 Å². The third-order valence-corrected chi connectivity index (χ3v) is 4.45. The van der Waals surface area contributed by atoms with E-state index in [1.807, 2.05) is 18.5 Å².